The van der Waals surface area contributed by atoms with E-state index in [1.165, 1.54) is 12.8 Å². The van der Waals surface area contributed by atoms with Crippen molar-refractivity contribution in [2.45, 2.75) is 38.0 Å². The third-order valence-electron chi connectivity index (χ3n) is 2.89. The molecule has 1 fully saturated rings. The van der Waals surface area contributed by atoms with Gasteiger partial charge in [0, 0.05) is 5.41 Å². The van der Waals surface area contributed by atoms with Gasteiger partial charge in [0.2, 0.25) is 5.82 Å². The fourth-order valence-corrected chi connectivity index (χ4v) is 1.99. The van der Waals surface area contributed by atoms with Crippen LogP contribution in [0.4, 0.5) is 0 Å². The number of H-pyrrole nitrogens is 1. The third-order valence-corrected chi connectivity index (χ3v) is 2.89. The van der Waals surface area contributed by atoms with Crippen molar-refractivity contribution in [2.24, 2.45) is 0 Å². The first-order chi connectivity index (χ1) is 6.24. The van der Waals surface area contributed by atoms with Gasteiger partial charge in [-0.3, -0.25) is 9.89 Å². The molecule has 1 heterocycles. The zero-order valence-electron chi connectivity index (χ0n) is 7.71. The molecule has 0 aliphatic heterocycles. The number of nitrogens with zero attached hydrogens (tertiary/aromatic N) is 2. The number of carbonyl (C=O) groups excluding carboxylic acids is 1. The van der Waals surface area contributed by atoms with Crippen molar-refractivity contribution >= 4 is 6.29 Å². The van der Waals surface area contributed by atoms with E-state index in [1.807, 2.05) is 0 Å². The standard InChI is InChI=1S/C9H13N3O/c1-9(4-2-3-5-9)8-10-7(6-13)11-12-8/h6H,2-5H2,1H3,(H,10,11,12). The topological polar surface area (TPSA) is 58.6 Å². The molecule has 1 aromatic rings. The van der Waals surface area contributed by atoms with Crippen molar-refractivity contribution in [1.29, 1.82) is 0 Å². The van der Waals surface area contributed by atoms with Gasteiger partial charge in [0.15, 0.2) is 6.29 Å². The molecule has 1 aliphatic carbocycles. The van der Waals surface area contributed by atoms with E-state index in [0.717, 1.165) is 18.7 Å². The Morgan fingerprint density at radius 3 is 2.69 bits per heavy atom. The van der Waals surface area contributed by atoms with E-state index in [2.05, 4.69) is 22.1 Å². The van der Waals surface area contributed by atoms with Crippen molar-refractivity contribution < 1.29 is 4.79 Å². The monoisotopic (exact) mass is 179 g/mol. The van der Waals surface area contributed by atoms with Gasteiger partial charge >= 0.3 is 0 Å². The van der Waals surface area contributed by atoms with Gasteiger partial charge in [0.1, 0.15) is 5.82 Å². The molecule has 0 spiro atoms. The number of hydrogen-bond donors (Lipinski definition) is 1. The molecule has 13 heavy (non-hydrogen) atoms. The van der Waals surface area contributed by atoms with Crippen molar-refractivity contribution in [1.82, 2.24) is 15.2 Å². The number of aromatic nitrogens is 3. The van der Waals surface area contributed by atoms with Crippen LogP contribution in [0.15, 0.2) is 0 Å². The summed E-state index contributed by atoms with van der Waals surface area (Å²) < 4.78 is 0. The summed E-state index contributed by atoms with van der Waals surface area (Å²) in [5, 5.41) is 6.67. The molecule has 0 unspecified atom stereocenters. The summed E-state index contributed by atoms with van der Waals surface area (Å²) in [6.45, 7) is 2.18. The lowest BCUT2D eigenvalue weighted by molar-refractivity contribution is 0.111. The summed E-state index contributed by atoms with van der Waals surface area (Å²) >= 11 is 0. The van der Waals surface area contributed by atoms with Gasteiger partial charge in [-0.2, -0.15) is 5.10 Å². The maximum absolute atomic E-state index is 10.4. The van der Waals surface area contributed by atoms with Gasteiger partial charge in [0.05, 0.1) is 0 Å². The highest BCUT2D eigenvalue weighted by Crippen LogP contribution is 2.38. The van der Waals surface area contributed by atoms with Gasteiger partial charge in [-0.1, -0.05) is 19.8 Å². The van der Waals surface area contributed by atoms with Crippen molar-refractivity contribution in [3.63, 3.8) is 0 Å². The number of carbonyl (C=O) groups is 1. The maximum atomic E-state index is 10.4. The minimum atomic E-state index is 0.119. The van der Waals surface area contributed by atoms with Crippen molar-refractivity contribution in [3.8, 4) is 0 Å². The second kappa shape index (κ2) is 2.94. The normalized spacial score (nSPS) is 20.4. The molecule has 70 valence electrons. The van der Waals surface area contributed by atoms with Gasteiger partial charge in [-0.15, -0.1) is 0 Å². The first-order valence-electron chi connectivity index (χ1n) is 4.63. The van der Waals surface area contributed by atoms with E-state index in [4.69, 9.17) is 0 Å². The molecule has 0 aromatic carbocycles. The first kappa shape index (κ1) is 8.41. The summed E-state index contributed by atoms with van der Waals surface area (Å²) in [5.74, 6) is 1.13. The number of rotatable bonds is 2. The maximum Gasteiger partial charge on any atom is 0.214 e. The average molecular weight is 179 g/mol. The van der Waals surface area contributed by atoms with Crippen molar-refractivity contribution in [2.75, 3.05) is 0 Å². The third kappa shape index (κ3) is 1.36. The van der Waals surface area contributed by atoms with Crippen molar-refractivity contribution in [3.05, 3.63) is 11.6 Å². The zero-order chi connectivity index (χ0) is 9.31. The van der Waals surface area contributed by atoms with Crippen LogP contribution in [-0.2, 0) is 5.41 Å². The van der Waals surface area contributed by atoms with Crippen LogP contribution in [-0.4, -0.2) is 21.5 Å². The Bertz CT molecular complexity index is 312. The molecule has 0 bridgehead atoms. The predicted octanol–water partition coefficient (Wildman–Crippen LogP) is 1.45. The zero-order valence-corrected chi connectivity index (χ0v) is 7.71. The number of aldehydes is 1. The van der Waals surface area contributed by atoms with E-state index in [9.17, 15) is 4.79 Å². The Kier molecular flexibility index (Phi) is 1.90. The minimum absolute atomic E-state index is 0.119. The fraction of sp³-hybridized carbons (Fsp3) is 0.667. The largest absolute Gasteiger partial charge is 0.294 e. The highest BCUT2D eigenvalue weighted by atomic mass is 16.1. The van der Waals surface area contributed by atoms with E-state index in [1.54, 1.807) is 0 Å². The molecule has 1 saturated carbocycles. The lowest BCUT2D eigenvalue weighted by Crippen LogP contribution is -2.18. The van der Waals surface area contributed by atoms with E-state index in [-0.39, 0.29) is 11.2 Å². The van der Waals surface area contributed by atoms with Gasteiger partial charge in [-0.25, -0.2) is 4.98 Å². The fourth-order valence-electron chi connectivity index (χ4n) is 1.99. The van der Waals surface area contributed by atoms with Crippen LogP contribution >= 0.6 is 0 Å². The number of nitrogens with one attached hydrogen (secondary N) is 1. The first-order valence-corrected chi connectivity index (χ1v) is 4.63. The van der Waals surface area contributed by atoms with Gasteiger partial charge in [0.25, 0.3) is 0 Å². The average Bonchev–Trinajstić information content (AvgIpc) is 2.72. The lowest BCUT2D eigenvalue weighted by atomic mass is 9.88. The Balaban J connectivity index is 2.28. The second-order valence-corrected chi connectivity index (χ2v) is 3.93. The number of aromatic amines is 1. The van der Waals surface area contributed by atoms with E-state index < -0.39 is 0 Å². The van der Waals surface area contributed by atoms with Crippen LogP contribution in [0, 0.1) is 0 Å². The molecular formula is C9H13N3O. The molecular weight excluding hydrogens is 166 g/mol. The van der Waals surface area contributed by atoms with E-state index in [0.29, 0.717) is 6.29 Å². The molecule has 0 radical (unpaired) electrons. The Hall–Kier alpha value is -1.19. The lowest BCUT2D eigenvalue weighted by Gasteiger charge is -2.19. The molecule has 1 aliphatic rings. The molecule has 0 amide bonds. The van der Waals surface area contributed by atoms with Crippen LogP contribution in [0.1, 0.15) is 49.1 Å². The predicted molar refractivity (Wildman–Crippen MR) is 47.6 cm³/mol. The SMILES string of the molecule is CC1(c2nc(C=O)n[nH]2)CCCC1. The van der Waals surface area contributed by atoms with E-state index >= 15 is 0 Å². The Morgan fingerprint density at radius 1 is 1.46 bits per heavy atom. The second-order valence-electron chi connectivity index (χ2n) is 3.93. The van der Waals surface area contributed by atoms with Crippen LogP contribution in [0.25, 0.3) is 0 Å². The highest BCUT2D eigenvalue weighted by Gasteiger charge is 2.33. The summed E-state index contributed by atoms with van der Waals surface area (Å²) in [5.41, 5.74) is 0.119. The highest BCUT2D eigenvalue weighted by molar-refractivity contribution is 5.68. The molecule has 4 heteroatoms. The molecule has 2 rings (SSSR count). The molecule has 0 saturated heterocycles. The Morgan fingerprint density at radius 2 is 2.15 bits per heavy atom. The quantitative estimate of drug-likeness (QED) is 0.699. The summed E-state index contributed by atoms with van der Waals surface area (Å²) in [7, 11) is 0. The Labute approximate surface area is 76.8 Å². The van der Waals surface area contributed by atoms with Gasteiger partial charge < -0.3 is 0 Å². The van der Waals surface area contributed by atoms with Crippen LogP contribution < -0.4 is 0 Å². The molecule has 0 atom stereocenters. The van der Waals surface area contributed by atoms with Crippen LogP contribution in [0.3, 0.4) is 0 Å². The summed E-state index contributed by atoms with van der Waals surface area (Å²) in [4.78, 5) is 14.5. The van der Waals surface area contributed by atoms with Crippen LogP contribution in [0.5, 0.6) is 0 Å². The smallest absolute Gasteiger partial charge is 0.214 e. The summed E-state index contributed by atoms with van der Waals surface area (Å²) in [6, 6.07) is 0. The minimum Gasteiger partial charge on any atom is -0.294 e. The molecule has 4 nitrogen and oxygen atoms in total. The molecule has 1 aromatic heterocycles. The van der Waals surface area contributed by atoms with Gasteiger partial charge in [-0.05, 0) is 12.8 Å². The molecule has 1 N–H and O–H groups in total. The number of hydrogen-bond acceptors (Lipinski definition) is 3. The van der Waals surface area contributed by atoms with Crippen LogP contribution in [0.2, 0.25) is 0 Å². The summed E-state index contributed by atoms with van der Waals surface area (Å²) in [6.07, 6.45) is 5.44.